The third-order valence-corrected chi connectivity index (χ3v) is 3.72. The fraction of sp³-hybridized carbons (Fsp3) is 0.200. The summed E-state index contributed by atoms with van der Waals surface area (Å²) in [5, 5.41) is 7.07. The second-order valence-electron chi connectivity index (χ2n) is 5.94. The van der Waals surface area contributed by atoms with Gasteiger partial charge in [0, 0.05) is 6.20 Å². The predicted octanol–water partition coefficient (Wildman–Crippen LogP) is 3.30. The Kier molecular flexibility index (Phi) is 5.14. The molecule has 0 saturated carbocycles. The van der Waals surface area contributed by atoms with E-state index in [2.05, 4.69) is 16.5 Å². The SMILES string of the molecule is Cc1cc(C)cc(OCCNC(=O)c2cnn(-c3ccccc3)c2)c1. The topological polar surface area (TPSA) is 56.1 Å². The molecule has 2 aromatic carbocycles. The lowest BCUT2D eigenvalue weighted by Gasteiger charge is -2.09. The van der Waals surface area contributed by atoms with Crippen molar-refractivity contribution in [1.29, 1.82) is 0 Å². The highest BCUT2D eigenvalue weighted by molar-refractivity contribution is 5.93. The van der Waals surface area contributed by atoms with Crippen LogP contribution < -0.4 is 10.1 Å². The number of hydrogen-bond acceptors (Lipinski definition) is 3. The van der Waals surface area contributed by atoms with E-state index in [0.717, 1.165) is 22.6 Å². The van der Waals surface area contributed by atoms with Crippen LogP contribution in [0.5, 0.6) is 5.75 Å². The third-order valence-electron chi connectivity index (χ3n) is 3.72. The standard InChI is InChI=1S/C20H21N3O2/c1-15-10-16(2)12-19(11-15)25-9-8-21-20(24)17-13-22-23(14-17)18-6-4-3-5-7-18/h3-7,10-14H,8-9H2,1-2H3,(H,21,24). The summed E-state index contributed by atoms with van der Waals surface area (Å²) in [5.74, 6) is 0.662. The number of nitrogens with one attached hydrogen (secondary N) is 1. The molecule has 0 aliphatic rings. The Bertz CT molecular complexity index is 836. The summed E-state index contributed by atoms with van der Waals surface area (Å²) in [6.45, 7) is 4.92. The van der Waals surface area contributed by atoms with Gasteiger partial charge in [0.25, 0.3) is 5.91 Å². The van der Waals surface area contributed by atoms with Gasteiger partial charge in [0.15, 0.2) is 0 Å². The fourth-order valence-corrected chi connectivity index (χ4v) is 2.61. The summed E-state index contributed by atoms with van der Waals surface area (Å²) in [5.41, 5.74) is 3.76. The Morgan fingerprint density at radius 3 is 2.56 bits per heavy atom. The number of carbonyl (C=O) groups excluding carboxylic acids is 1. The first-order valence-electron chi connectivity index (χ1n) is 8.21. The van der Waals surface area contributed by atoms with Gasteiger partial charge in [-0.1, -0.05) is 24.3 Å². The molecular weight excluding hydrogens is 314 g/mol. The molecule has 0 saturated heterocycles. The van der Waals surface area contributed by atoms with Gasteiger partial charge in [0.1, 0.15) is 12.4 Å². The molecule has 3 rings (SSSR count). The maximum atomic E-state index is 12.2. The summed E-state index contributed by atoms with van der Waals surface area (Å²) in [7, 11) is 0. The van der Waals surface area contributed by atoms with Crippen molar-refractivity contribution < 1.29 is 9.53 Å². The molecule has 1 aromatic heterocycles. The summed E-state index contributed by atoms with van der Waals surface area (Å²) >= 11 is 0. The average molecular weight is 335 g/mol. The van der Waals surface area contributed by atoms with Crippen LogP contribution in [0.4, 0.5) is 0 Å². The van der Waals surface area contributed by atoms with Crippen molar-refractivity contribution in [2.24, 2.45) is 0 Å². The molecule has 0 atom stereocenters. The lowest BCUT2D eigenvalue weighted by molar-refractivity contribution is 0.0947. The molecule has 0 bridgehead atoms. The van der Waals surface area contributed by atoms with Crippen LogP contribution >= 0.6 is 0 Å². The minimum atomic E-state index is -0.161. The zero-order valence-corrected chi connectivity index (χ0v) is 14.4. The predicted molar refractivity (Wildman–Crippen MR) is 97.3 cm³/mol. The monoisotopic (exact) mass is 335 g/mol. The first-order valence-corrected chi connectivity index (χ1v) is 8.21. The molecule has 25 heavy (non-hydrogen) atoms. The number of rotatable bonds is 6. The fourth-order valence-electron chi connectivity index (χ4n) is 2.61. The van der Waals surface area contributed by atoms with Crippen LogP contribution in [-0.2, 0) is 0 Å². The number of hydrogen-bond donors (Lipinski definition) is 1. The van der Waals surface area contributed by atoms with Crippen LogP contribution in [0.3, 0.4) is 0 Å². The highest BCUT2D eigenvalue weighted by Crippen LogP contribution is 2.15. The molecule has 1 N–H and O–H groups in total. The normalized spacial score (nSPS) is 10.5. The van der Waals surface area contributed by atoms with Crippen molar-refractivity contribution in [1.82, 2.24) is 15.1 Å². The van der Waals surface area contributed by atoms with E-state index >= 15 is 0 Å². The Hall–Kier alpha value is -3.08. The Labute approximate surface area is 147 Å². The van der Waals surface area contributed by atoms with E-state index in [9.17, 15) is 4.79 Å². The summed E-state index contributed by atoms with van der Waals surface area (Å²) in [6, 6.07) is 15.7. The van der Waals surface area contributed by atoms with Gasteiger partial charge in [-0.15, -0.1) is 0 Å². The number of carbonyl (C=O) groups is 1. The Morgan fingerprint density at radius 1 is 1.12 bits per heavy atom. The molecule has 0 aliphatic carbocycles. The number of amides is 1. The maximum absolute atomic E-state index is 12.2. The molecule has 1 heterocycles. The van der Waals surface area contributed by atoms with E-state index in [4.69, 9.17) is 4.74 Å². The summed E-state index contributed by atoms with van der Waals surface area (Å²) in [4.78, 5) is 12.2. The minimum absolute atomic E-state index is 0.161. The van der Waals surface area contributed by atoms with Gasteiger partial charge in [0.05, 0.1) is 24.0 Å². The maximum Gasteiger partial charge on any atom is 0.254 e. The number of nitrogens with zero attached hydrogens (tertiary/aromatic N) is 2. The zero-order valence-electron chi connectivity index (χ0n) is 14.4. The van der Waals surface area contributed by atoms with Crippen LogP contribution in [0.25, 0.3) is 5.69 Å². The van der Waals surface area contributed by atoms with E-state index in [0.29, 0.717) is 18.7 Å². The van der Waals surface area contributed by atoms with Crippen LogP contribution in [0.15, 0.2) is 60.9 Å². The van der Waals surface area contributed by atoms with Crippen molar-refractivity contribution >= 4 is 5.91 Å². The zero-order chi connectivity index (χ0) is 17.6. The number of ether oxygens (including phenoxy) is 1. The smallest absolute Gasteiger partial charge is 0.254 e. The van der Waals surface area contributed by atoms with Crippen LogP contribution in [0.1, 0.15) is 21.5 Å². The quantitative estimate of drug-likeness (QED) is 0.703. The van der Waals surface area contributed by atoms with Gasteiger partial charge in [-0.2, -0.15) is 5.10 Å². The van der Waals surface area contributed by atoms with Gasteiger partial charge >= 0.3 is 0 Å². The largest absolute Gasteiger partial charge is 0.492 e. The molecule has 0 unspecified atom stereocenters. The molecule has 3 aromatic rings. The molecule has 1 amide bonds. The van der Waals surface area contributed by atoms with E-state index in [-0.39, 0.29) is 5.91 Å². The first-order chi connectivity index (χ1) is 12.1. The number of aromatic nitrogens is 2. The highest BCUT2D eigenvalue weighted by Gasteiger charge is 2.09. The molecule has 5 heteroatoms. The second kappa shape index (κ2) is 7.66. The van der Waals surface area contributed by atoms with Gasteiger partial charge < -0.3 is 10.1 Å². The van der Waals surface area contributed by atoms with Gasteiger partial charge in [0.2, 0.25) is 0 Å². The third kappa shape index (κ3) is 4.47. The number of benzene rings is 2. The number of para-hydroxylation sites is 1. The molecule has 0 aliphatic heterocycles. The molecule has 0 fully saturated rings. The minimum Gasteiger partial charge on any atom is -0.492 e. The number of aryl methyl sites for hydroxylation is 2. The molecule has 5 nitrogen and oxygen atoms in total. The lowest BCUT2D eigenvalue weighted by atomic mass is 10.1. The van der Waals surface area contributed by atoms with Crippen molar-refractivity contribution in [3.05, 3.63) is 77.6 Å². The van der Waals surface area contributed by atoms with Gasteiger partial charge in [-0.25, -0.2) is 4.68 Å². The van der Waals surface area contributed by atoms with Gasteiger partial charge in [-0.05, 0) is 49.2 Å². The van der Waals surface area contributed by atoms with Gasteiger partial charge in [-0.3, -0.25) is 4.79 Å². The van der Waals surface area contributed by atoms with Crippen molar-refractivity contribution in [3.8, 4) is 11.4 Å². The van der Waals surface area contributed by atoms with E-state index in [1.54, 1.807) is 17.1 Å². The van der Waals surface area contributed by atoms with E-state index in [1.807, 2.05) is 56.3 Å². The molecule has 0 radical (unpaired) electrons. The molecule has 0 spiro atoms. The van der Waals surface area contributed by atoms with Crippen LogP contribution in [0.2, 0.25) is 0 Å². The average Bonchev–Trinajstić information content (AvgIpc) is 3.09. The Morgan fingerprint density at radius 2 is 1.84 bits per heavy atom. The van der Waals surface area contributed by atoms with E-state index < -0.39 is 0 Å². The van der Waals surface area contributed by atoms with Crippen molar-refractivity contribution in [3.63, 3.8) is 0 Å². The van der Waals surface area contributed by atoms with Crippen molar-refractivity contribution in [2.75, 3.05) is 13.2 Å². The van der Waals surface area contributed by atoms with E-state index in [1.165, 1.54) is 0 Å². The van der Waals surface area contributed by atoms with Crippen molar-refractivity contribution in [2.45, 2.75) is 13.8 Å². The second-order valence-corrected chi connectivity index (χ2v) is 5.94. The van der Waals surface area contributed by atoms with Crippen LogP contribution in [0, 0.1) is 13.8 Å². The first kappa shape index (κ1) is 16.8. The summed E-state index contributed by atoms with van der Waals surface area (Å²) < 4.78 is 7.37. The van der Waals surface area contributed by atoms with Crippen LogP contribution in [-0.4, -0.2) is 28.8 Å². The molecular formula is C20H21N3O2. The lowest BCUT2D eigenvalue weighted by Crippen LogP contribution is -2.27. The Balaban J connectivity index is 1.50. The summed E-state index contributed by atoms with van der Waals surface area (Å²) in [6.07, 6.45) is 3.28. The highest BCUT2D eigenvalue weighted by atomic mass is 16.5. The molecule has 128 valence electrons.